The number of esters is 1. The molecule has 1 aromatic rings. The number of hydrogen-bond acceptors (Lipinski definition) is 7. The van der Waals surface area contributed by atoms with Crippen molar-refractivity contribution in [2.75, 3.05) is 25.6 Å². The number of hydrogen-bond donors (Lipinski definition) is 1. The third-order valence-corrected chi connectivity index (χ3v) is 4.61. The number of benzene rings is 1. The Balaban J connectivity index is 1.86. The third-order valence-electron chi connectivity index (χ3n) is 3.41. The first-order valence-electron chi connectivity index (χ1n) is 8.07. The first kappa shape index (κ1) is 19.3. The molecule has 136 valence electrons. The number of nitrogens with one attached hydrogen (secondary N) is 1. The van der Waals surface area contributed by atoms with Gasteiger partial charge in [-0.25, -0.2) is 9.59 Å². The van der Waals surface area contributed by atoms with Crippen LogP contribution in [-0.4, -0.2) is 49.6 Å². The fourth-order valence-electron chi connectivity index (χ4n) is 2.25. The van der Waals surface area contributed by atoms with Crippen molar-refractivity contribution in [1.29, 1.82) is 0 Å². The van der Waals surface area contributed by atoms with Gasteiger partial charge < -0.3 is 14.2 Å². The third kappa shape index (κ3) is 6.39. The molecule has 1 saturated heterocycles. The summed E-state index contributed by atoms with van der Waals surface area (Å²) in [5.74, 6) is -0.598. The zero-order valence-corrected chi connectivity index (χ0v) is 14.8. The zero-order chi connectivity index (χ0) is 18.1. The van der Waals surface area contributed by atoms with E-state index in [2.05, 4.69) is 4.74 Å². The molecule has 0 aliphatic carbocycles. The Morgan fingerprint density at radius 3 is 2.80 bits per heavy atom. The summed E-state index contributed by atoms with van der Waals surface area (Å²) in [6, 6.07) is 7.03. The number of ether oxygens (including phenoxy) is 3. The molecule has 8 heteroatoms. The molecule has 0 saturated carbocycles. The van der Waals surface area contributed by atoms with Crippen LogP contribution in [0, 0.1) is 0 Å². The predicted octanol–water partition coefficient (Wildman–Crippen LogP) is 2.39. The average Bonchev–Trinajstić information content (AvgIpc) is 3.12. The summed E-state index contributed by atoms with van der Waals surface area (Å²) in [7, 11) is 0. The lowest BCUT2D eigenvalue weighted by Crippen LogP contribution is -2.34. The number of carbonyl (C=O) groups excluding carboxylic acids is 3. The highest BCUT2D eigenvalue weighted by Gasteiger charge is 2.19. The highest BCUT2D eigenvalue weighted by Crippen LogP contribution is 2.27. The molecule has 2 amide bonds. The van der Waals surface area contributed by atoms with Gasteiger partial charge in [-0.1, -0.05) is 12.1 Å². The van der Waals surface area contributed by atoms with Crippen molar-refractivity contribution < 1.29 is 28.6 Å². The number of carbonyl (C=O) groups is 3. The van der Waals surface area contributed by atoms with Crippen molar-refractivity contribution in [3.63, 3.8) is 0 Å². The van der Waals surface area contributed by atoms with Crippen LogP contribution in [0.15, 0.2) is 29.2 Å². The molecule has 0 bridgehead atoms. The molecule has 1 aliphatic rings. The van der Waals surface area contributed by atoms with Crippen molar-refractivity contribution in [3.05, 3.63) is 29.8 Å². The molecule has 25 heavy (non-hydrogen) atoms. The van der Waals surface area contributed by atoms with E-state index in [4.69, 9.17) is 9.47 Å². The minimum atomic E-state index is -0.865. The van der Waals surface area contributed by atoms with Crippen LogP contribution >= 0.6 is 11.8 Å². The lowest BCUT2D eigenvalue weighted by Gasteiger charge is -2.12. The van der Waals surface area contributed by atoms with Crippen LogP contribution < -0.4 is 5.32 Å². The smallest absolute Gasteiger partial charge is 0.413 e. The maximum absolute atomic E-state index is 12.2. The Hall–Kier alpha value is -2.06. The Kier molecular flexibility index (Phi) is 7.75. The topological polar surface area (TPSA) is 90.9 Å². The molecule has 1 N–H and O–H groups in total. The van der Waals surface area contributed by atoms with E-state index in [1.807, 2.05) is 17.4 Å². The van der Waals surface area contributed by atoms with E-state index in [-0.39, 0.29) is 12.7 Å². The summed E-state index contributed by atoms with van der Waals surface area (Å²) >= 11 is 1.52. The fraction of sp³-hybridized carbons (Fsp3) is 0.471. The second-order valence-electron chi connectivity index (χ2n) is 5.29. The van der Waals surface area contributed by atoms with Gasteiger partial charge in [0.1, 0.15) is 0 Å². The SMILES string of the molecule is CCOC(=O)NC(=O)COC(=O)c1ccccc1SC[C@@H]1CCCO1. The number of amides is 2. The van der Waals surface area contributed by atoms with Crippen molar-refractivity contribution in [3.8, 4) is 0 Å². The summed E-state index contributed by atoms with van der Waals surface area (Å²) in [6.45, 7) is 2.00. The van der Waals surface area contributed by atoms with Crippen LogP contribution in [0.5, 0.6) is 0 Å². The molecule has 0 aromatic heterocycles. The molecule has 1 atom stereocenters. The van der Waals surface area contributed by atoms with Gasteiger partial charge in [-0.05, 0) is 31.9 Å². The summed E-state index contributed by atoms with van der Waals surface area (Å²) < 4.78 is 15.1. The van der Waals surface area contributed by atoms with Crippen LogP contribution in [0.3, 0.4) is 0 Å². The molecule has 0 unspecified atom stereocenters. The highest BCUT2D eigenvalue weighted by molar-refractivity contribution is 7.99. The van der Waals surface area contributed by atoms with E-state index in [9.17, 15) is 14.4 Å². The average molecular weight is 367 g/mol. The first-order valence-corrected chi connectivity index (χ1v) is 9.06. The van der Waals surface area contributed by atoms with Gasteiger partial charge in [-0.15, -0.1) is 11.8 Å². The second kappa shape index (κ2) is 10.0. The Labute approximate surface area is 150 Å². The van der Waals surface area contributed by atoms with Gasteiger partial charge in [0.05, 0.1) is 18.3 Å². The summed E-state index contributed by atoms with van der Waals surface area (Å²) in [5.41, 5.74) is 0.384. The lowest BCUT2D eigenvalue weighted by molar-refractivity contribution is -0.123. The summed E-state index contributed by atoms with van der Waals surface area (Å²) in [6.07, 6.45) is 1.42. The van der Waals surface area contributed by atoms with Crippen molar-refractivity contribution in [1.82, 2.24) is 5.32 Å². The number of alkyl carbamates (subject to hydrolysis) is 1. The molecule has 1 aromatic carbocycles. The Bertz CT molecular complexity index is 615. The standard InChI is InChI=1S/C17H21NO6S/c1-2-22-17(21)18-15(19)10-24-16(20)13-7-3-4-8-14(13)25-11-12-6-5-9-23-12/h3-4,7-8,12H,2,5-6,9-11H2,1H3,(H,18,19,21)/t12-/m0/s1. The van der Waals surface area contributed by atoms with Crippen molar-refractivity contribution in [2.24, 2.45) is 0 Å². The monoisotopic (exact) mass is 367 g/mol. The second-order valence-corrected chi connectivity index (χ2v) is 6.35. The maximum atomic E-state index is 12.2. The number of rotatable bonds is 7. The molecule has 0 spiro atoms. The van der Waals surface area contributed by atoms with Gasteiger partial charge in [0, 0.05) is 17.3 Å². The zero-order valence-electron chi connectivity index (χ0n) is 14.0. The first-order chi connectivity index (χ1) is 12.1. The molecular formula is C17H21NO6S. The Morgan fingerprint density at radius 2 is 2.08 bits per heavy atom. The lowest BCUT2D eigenvalue weighted by atomic mass is 10.2. The highest BCUT2D eigenvalue weighted by atomic mass is 32.2. The minimum absolute atomic E-state index is 0.147. The van der Waals surface area contributed by atoms with Crippen LogP contribution in [0.1, 0.15) is 30.1 Å². The van der Waals surface area contributed by atoms with E-state index < -0.39 is 24.6 Å². The maximum Gasteiger partial charge on any atom is 0.413 e. The van der Waals surface area contributed by atoms with E-state index >= 15 is 0 Å². The van der Waals surface area contributed by atoms with E-state index in [0.717, 1.165) is 30.1 Å². The Morgan fingerprint density at radius 1 is 1.28 bits per heavy atom. The fourth-order valence-corrected chi connectivity index (χ4v) is 3.36. The summed E-state index contributed by atoms with van der Waals surface area (Å²) in [5, 5.41) is 1.97. The molecule has 2 rings (SSSR count). The number of imide groups is 1. The van der Waals surface area contributed by atoms with Crippen LogP contribution in [-0.2, 0) is 19.0 Å². The summed E-state index contributed by atoms with van der Waals surface area (Å²) in [4.78, 5) is 35.6. The molecule has 7 nitrogen and oxygen atoms in total. The molecule has 1 aliphatic heterocycles. The van der Waals surface area contributed by atoms with Gasteiger partial charge in [-0.3, -0.25) is 10.1 Å². The van der Waals surface area contributed by atoms with E-state index in [1.165, 1.54) is 11.8 Å². The van der Waals surface area contributed by atoms with Gasteiger partial charge in [-0.2, -0.15) is 0 Å². The molecular weight excluding hydrogens is 346 g/mol. The van der Waals surface area contributed by atoms with E-state index in [1.54, 1.807) is 19.1 Å². The van der Waals surface area contributed by atoms with Gasteiger partial charge in [0.25, 0.3) is 5.91 Å². The van der Waals surface area contributed by atoms with Crippen LogP contribution in [0.2, 0.25) is 0 Å². The predicted molar refractivity (Wildman–Crippen MR) is 91.6 cm³/mol. The van der Waals surface area contributed by atoms with Gasteiger partial charge in [0.2, 0.25) is 0 Å². The van der Waals surface area contributed by atoms with Crippen LogP contribution in [0.25, 0.3) is 0 Å². The van der Waals surface area contributed by atoms with Crippen LogP contribution in [0.4, 0.5) is 4.79 Å². The molecule has 1 fully saturated rings. The number of thioether (sulfide) groups is 1. The molecule has 1 heterocycles. The molecule has 0 radical (unpaired) electrons. The largest absolute Gasteiger partial charge is 0.452 e. The minimum Gasteiger partial charge on any atom is -0.452 e. The van der Waals surface area contributed by atoms with Crippen molar-refractivity contribution >= 4 is 29.7 Å². The van der Waals surface area contributed by atoms with E-state index in [0.29, 0.717) is 5.56 Å². The van der Waals surface area contributed by atoms with Gasteiger partial charge >= 0.3 is 12.1 Å². The van der Waals surface area contributed by atoms with Gasteiger partial charge in [0.15, 0.2) is 6.61 Å². The van der Waals surface area contributed by atoms with Crippen molar-refractivity contribution in [2.45, 2.75) is 30.8 Å². The quantitative estimate of drug-likeness (QED) is 0.584. The normalized spacial score (nSPS) is 16.3.